The van der Waals surface area contributed by atoms with E-state index in [1.165, 1.54) is 0 Å². The van der Waals surface area contributed by atoms with Gasteiger partial charge in [-0.3, -0.25) is 4.79 Å². The number of hydrogen-bond acceptors (Lipinski definition) is 3. The fourth-order valence-electron chi connectivity index (χ4n) is 2.19. The summed E-state index contributed by atoms with van der Waals surface area (Å²) >= 11 is 0. The number of ether oxygens (including phenoxy) is 2. The van der Waals surface area contributed by atoms with E-state index >= 15 is 0 Å². The van der Waals surface area contributed by atoms with Gasteiger partial charge in [0.05, 0.1) is 6.61 Å². The number of nitrogens with zero attached hydrogens (tertiary/aromatic N) is 1. The Bertz CT molecular complexity index is 695. The average Bonchev–Trinajstić information content (AvgIpc) is 2.46. The minimum Gasteiger partial charge on any atom is -0.491 e. The molecule has 2 rings (SSSR count). The van der Waals surface area contributed by atoms with E-state index in [-0.39, 0.29) is 38.3 Å². The van der Waals surface area contributed by atoms with Crippen molar-refractivity contribution < 1.29 is 42.2 Å². The third kappa shape index (κ3) is 4.28. The topological polar surface area (TPSA) is 40.5 Å². The molecule has 0 bridgehead atoms. The van der Waals surface area contributed by atoms with Crippen LogP contribution in [0.15, 0.2) is 29.1 Å². The molecule has 0 saturated carbocycles. The van der Waals surface area contributed by atoms with Gasteiger partial charge in [0.25, 0.3) is 0 Å². The molecule has 115 valence electrons. The van der Waals surface area contributed by atoms with Gasteiger partial charge in [-0.2, -0.15) is 12.1 Å². The Hall–Kier alpha value is -0.966. The van der Waals surface area contributed by atoms with Crippen LogP contribution in [0.25, 0.3) is 11.3 Å². The molecule has 1 heterocycles. The van der Waals surface area contributed by atoms with Crippen molar-refractivity contribution in [2.45, 2.75) is 13.8 Å². The number of methoxy groups -OCH3 is 1. The zero-order chi connectivity index (χ0) is 15.4. The molecule has 0 aliphatic rings. The zero-order valence-electron chi connectivity index (χ0n) is 13.5. The Morgan fingerprint density at radius 2 is 1.91 bits per heavy atom. The second kappa shape index (κ2) is 8.61. The predicted octanol–water partition coefficient (Wildman–Crippen LogP) is 2.49. The molecular formula is C17H20NO3Y-. The molecule has 5 heteroatoms. The molecule has 0 atom stereocenters. The number of benzene rings is 1. The minimum absolute atomic E-state index is 0. The van der Waals surface area contributed by atoms with Gasteiger partial charge in [0.2, 0.25) is 0 Å². The zero-order valence-corrected chi connectivity index (χ0v) is 16.3. The van der Waals surface area contributed by atoms with E-state index in [0.717, 1.165) is 22.6 Å². The molecule has 0 saturated heterocycles. The molecule has 1 aromatic heterocycles. The van der Waals surface area contributed by atoms with Crippen LogP contribution in [0.3, 0.4) is 0 Å². The maximum atomic E-state index is 12.0. The maximum Gasteiger partial charge on any atom is 0.197 e. The second-order valence-electron chi connectivity index (χ2n) is 5.00. The molecule has 4 nitrogen and oxygen atoms in total. The Balaban J connectivity index is 0.00000242. The Morgan fingerprint density at radius 3 is 2.55 bits per heavy atom. The molecule has 1 radical (unpaired) electrons. The summed E-state index contributed by atoms with van der Waals surface area (Å²) in [6.45, 7) is 4.87. The summed E-state index contributed by atoms with van der Waals surface area (Å²) in [5.41, 5.74) is 3.50. The number of aryl methyl sites for hydroxylation is 2. The molecule has 0 unspecified atom stereocenters. The molecule has 2 aromatic rings. The van der Waals surface area contributed by atoms with E-state index < -0.39 is 0 Å². The number of pyridine rings is 1. The van der Waals surface area contributed by atoms with E-state index in [2.05, 4.69) is 6.07 Å². The smallest absolute Gasteiger partial charge is 0.197 e. The third-order valence-corrected chi connectivity index (χ3v) is 3.41. The molecule has 0 N–H and O–H groups in total. The quantitative estimate of drug-likeness (QED) is 0.596. The average molecular weight is 375 g/mol. The largest absolute Gasteiger partial charge is 0.491 e. The van der Waals surface area contributed by atoms with Crippen molar-refractivity contribution in [1.29, 1.82) is 0 Å². The Morgan fingerprint density at radius 1 is 1.18 bits per heavy atom. The van der Waals surface area contributed by atoms with E-state index in [1.54, 1.807) is 31.7 Å². The maximum absolute atomic E-state index is 12.0. The van der Waals surface area contributed by atoms with E-state index in [4.69, 9.17) is 9.47 Å². The van der Waals surface area contributed by atoms with Crippen molar-refractivity contribution in [2.75, 3.05) is 20.3 Å². The van der Waals surface area contributed by atoms with Crippen LogP contribution in [-0.2, 0) is 44.5 Å². The Labute approximate surface area is 156 Å². The first kappa shape index (κ1) is 19.1. The summed E-state index contributed by atoms with van der Waals surface area (Å²) in [6.07, 6.45) is 0. The van der Waals surface area contributed by atoms with Crippen molar-refractivity contribution in [3.8, 4) is 17.0 Å². The summed E-state index contributed by atoms with van der Waals surface area (Å²) < 4.78 is 12.2. The standard InChI is InChI=1S/C17H20NO3.Y/c1-12-5-8-16(18(3)17(12)19)15-7-6-14(11-13(15)2)21-10-9-20-4;/h5-7,11H,9-10H2,1-4H3;/q-1;. The number of hydrogen-bond donors (Lipinski definition) is 0. The molecule has 22 heavy (non-hydrogen) atoms. The van der Waals surface area contributed by atoms with Crippen molar-refractivity contribution in [3.05, 3.63) is 51.8 Å². The van der Waals surface area contributed by atoms with Gasteiger partial charge in [-0.05, 0) is 12.1 Å². The third-order valence-electron chi connectivity index (χ3n) is 3.41. The number of aromatic nitrogens is 1. The van der Waals surface area contributed by atoms with Crippen LogP contribution in [0.5, 0.6) is 5.75 Å². The molecular weight excluding hydrogens is 355 g/mol. The Kier molecular flexibility index (Phi) is 7.47. The van der Waals surface area contributed by atoms with Gasteiger partial charge in [-0.25, -0.2) is 0 Å². The van der Waals surface area contributed by atoms with E-state index in [9.17, 15) is 4.79 Å². The summed E-state index contributed by atoms with van der Waals surface area (Å²) in [5.74, 6) is 0.797. The van der Waals surface area contributed by atoms with Crippen molar-refractivity contribution in [3.63, 3.8) is 0 Å². The van der Waals surface area contributed by atoms with Crippen LogP contribution in [0.1, 0.15) is 11.1 Å². The molecule has 0 fully saturated rings. The van der Waals surface area contributed by atoms with Gasteiger partial charge in [0.1, 0.15) is 12.4 Å². The number of rotatable bonds is 5. The van der Waals surface area contributed by atoms with Gasteiger partial charge < -0.3 is 14.0 Å². The molecule has 0 aliphatic heterocycles. The molecule has 0 amide bonds. The first-order valence-corrected chi connectivity index (χ1v) is 6.85. The molecule has 0 spiro atoms. The molecule has 0 aliphatic carbocycles. The second-order valence-corrected chi connectivity index (χ2v) is 5.00. The fourth-order valence-corrected chi connectivity index (χ4v) is 2.19. The predicted molar refractivity (Wildman–Crippen MR) is 82.8 cm³/mol. The van der Waals surface area contributed by atoms with Crippen LogP contribution in [0.2, 0.25) is 0 Å². The van der Waals surface area contributed by atoms with Crippen LogP contribution < -0.4 is 10.3 Å². The SMILES string of the molecule is COCCOc1ccc(-c2[c-]cc(C)c(=O)n2C)c(C)c1.[Y]. The summed E-state index contributed by atoms with van der Waals surface area (Å²) in [6, 6.07) is 10.7. The van der Waals surface area contributed by atoms with Crippen LogP contribution >= 0.6 is 0 Å². The van der Waals surface area contributed by atoms with Crippen molar-refractivity contribution >= 4 is 0 Å². The first-order chi connectivity index (χ1) is 10.0. The van der Waals surface area contributed by atoms with Gasteiger partial charge in [-0.1, -0.05) is 36.2 Å². The van der Waals surface area contributed by atoms with Crippen LogP contribution in [0, 0.1) is 19.9 Å². The monoisotopic (exact) mass is 375 g/mol. The van der Waals surface area contributed by atoms with Gasteiger partial charge in [-0.15, -0.1) is 6.07 Å². The van der Waals surface area contributed by atoms with E-state index in [1.807, 2.05) is 25.1 Å². The summed E-state index contributed by atoms with van der Waals surface area (Å²) in [7, 11) is 3.41. The summed E-state index contributed by atoms with van der Waals surface area (Å²) in [5, 5.41) is 0. The van der Waals surface area contributed by atoms with Crippen molar-refractivity contribution in [1.82, 2.24) is 4.57 Å². The first-order valence-electron chi connectivity index (χ1n) is 6.85. The van der Waals surface area contributed by atoms with Gasteiger partial charge in [0, 0.05) is 46.9 Å². The molecule has 1 aromatic carbocycles. The normalized spacial score (nSPS) is 10.2. The van der Waals surface area contributed by atoms with Crippen LogP contribution in [-0.4, -0.2) is 24.9 Å². The van der Waals surface area contributed by atoms with E-state index in [0.29, 0.717) is 18.8 Å². The fraction of sp³-hybridized carbons (Fsp3) is 0.353. The van der Waals surface area contributed by atoms with Gasteiger partial charge in [0.15, 0.2) is 5.56 Å². The van der Waals surface area contributed by atoms with Crippen LogP contribution in [0.4, 0.5) is 0 Å². The summed E-state index contributed by atoms with van der Waals surface area (Å²) in [4.78, 5) is 12.0. The van der Waals surface area contributed by atoms with Crippen molar-refractivity contribution in [2.24, 2.45) is 7.05 Å². The minimum atomic E-state index is 0. The van der Waals surface area contributed by atoms with Gasteiger partial charge >= 0.3 is 0 Å².